The number of likely N-dealkylation sites (tertiary alicyclic amines) is 1. The molecule has 92 valence electrons. The summed E-state index contributed by atoms with van der Waals surface area (Å²) < 4.78 is -0.443. The van der Waals surface area contributed by atoms with Crippen molar-refractivity contribution < 1.29 is 9.59 Å². The summed E-state index contributed by atoms with van der Waals surface area (Å²) in [6.07, 6.45) is 2.54. The Morgan fingerprint density at radius 2 is 2.25 bits per heavy atom. The summed E-state index contributed by atoms with van der Waals surface area (Å²) in [7, 11) is 1.74. The minimum Gasteiger partial charge on any atom is -0.332 e. The van der Waals surface area contributed by atoms with E-state index in [1.54, 1.807) is 11.9 Å². The number of rotatable bonds is 4. The fraction of sp³-hybridized carbons (Fsp3) is 0.818. The van der Waals surface area contributed by atoms with E-state index in [-0.39, 0.29) is 18.0 Å². The van der Waals surface area contributed by atoms with E-state index in [1.165, 1.54) is 0 Å². The number of aldehydes is 1. The molecule has 0 aromatic heterocycles. The van der Waals surface area contributed by atoms with Crippen molar-refractivity contribution in [3.05, 3.63) is 0 Å². The minimum absolute atomic E-state index is 0.0305. The normalized spacial score (nSPS) is 23.2. The Balaban J connectivity index is 2.79. The zero-order valence-electron chi connectivity index (χ0n) is 10.1. The predicted octanol–water partition coefficient (Wildman–Crippen LogP) is 0.473. The van der Waals surface area contributed by atoms with Gasteiger partial charge in [0.25, 0.3) is 0 Å². The summed E-state index contributed by atoms with van der Waals surface area (Å²) in [5, 5.41) is 2.98. The molecular weight excluding hydrogens is 224 g/mol. The van der Waals surface area contributed by atoms with Crippen LogP contribution in [0.15, 0.2) is 0 Å². The minimum atomic E-state index is -0.443. The van der Waals surface area contributed by atoms with Gasteiger partial charge in [0.2, 0.25) is 5.91 Å². The number of thiol groups is 1. The van der Waals surface area contributed by atoms with Crippen LogP contribution in [0.4, 0.5) is 0 Å². The quantitative estimate of drug-likeness (QED) is 0.558. The van der Waals surface area contributed by atoms with Crippen LogP contribution in [0.5, 0.6) is 0 Å². The third-order valence-corrected chi connectivity index (χ3v) is 3.24. The highest BCUT2D eigenvalue weighted by Gasteiger charge is 2.38. The number of likely N-dealkylation sites (N-methyl/N-ethyl adjacent to an activating group) is 1. The molecule has 0 spiro atoms. The molecule has 0 bridgehead atoms. The van der Waals surface area contributed by atoms with Crippen molar-refractivity contribution in [2.75, 3.05) is 13.6 Å². The molecule has 5 heteroatoms. The van der Waals surface area contributed by atoms with Crippen LogP contribution in [-0.4, -0.2) is 47.5 Å². The average molecular weight is 244 g/mol. The summed E-state index contributed by atoms with van der Waals surface area (Å²) in [4.78, 5) is 24.8. The van der Waals surface area contributed by atoms with Crippen molar-refractivity contribution in [2.24, 2.45) is 0 Å². The van der Waals surface area contributed by atoms with Crippen LogP contribution in [0.2, 0.25) is 0 Å². The van der Waals surface area contributed by atoms with Crippen LogP contribution >= 0.6 is 12.6 Å². The smallest absolute Gasteiger partial charge is 0.241 e. The van der Waals surface area contributed by atoms with Crippen LogP contribution in [0.25, 0.3) is 0 Å². The molecule has 1 saturated heterocycles. The third kappa shape index (κ3) is 2.77. The van der Waals surface area contributed by atoms with E-state index < -0.39 is 4.75 Å². The van der Waals surface area contributed by atoms with Gasteiger partial charge in [0, 0.05) is 11.3 Å². The molecule has 0 unspecified atom stereocenters. The van der Waals surface area contributed by atoms with Gasteiger partial charge in [-0.15, -0.1) is 0 Å². The molecule has 1 aliphatic heterocycles. The first-order chi connectivity index (χ1) is 7.41. The number of amides is 1. The predicted molar refractivity (Wildman–Crippen MR) is 66.7 cm³/mol. The summed E-state index contributed by atoms with van der Waals surface area (Å²) >= 11 is 4.42. The fourth-order valence-corrected chi connectivity index (χ4v) is 2.39. The highest BCUT2D eigenvalue weighted by Crippen LogP contribution is 2.23. The number of carbonyl (C=O) groups excluding carboxylic acids is 2. The van der Waals surface area contributed by atoms with Gasteiger partial charge in [0.15, 0.2) is 0 Å². The van der Waals surface area contributed by atoms with Crippen molar-refractivity contribution in [1.82, 2.24) is 10.2 Å². The van der Waals surface area contributed by atoms with Gasteiger partial charge in [-0.05, 0) is 33.7 Å². The Labute approximate surface area is 102 Å². The fourth-order valence-electron chi connectivity index (χ4n) is 2.15. The molecule has 1 aliphatic rings. The lowest BCUT2D eigenvalue weighted by molar-refractivity contribution is -0.137. The number of hydrogen-bond acceptors (Lipinski definition) is 4. The van der Waals surface area contributed by atoms with Crippen LogP contribution in [0.3, 0.4) is 0 Å². The van der Waals surface area contributed by atoms with Crippen LogP contribution in [-0.2, 0) is 9.59 Å². The van der Waals surface area contributed by atoms with E-state index in [1.807, 2.05) is 13.8 Å². The first kappa shape index (κ1) is 13.5. The molecule has 4 nitrogen and oxygen atoms in total. The van der Waals surface area contributed by atoms with E-state index in [9.17, 15) is 9.59 Å². The van der Waals surface area contributed by atoms with Gasteiger partial charge < -0.3 is 15.0 Å². The van der Waals surface area contributed by atoms with Gasteiger partial charge in [0.1, 0.15) is 12.3 Å². The van der Waals surface area contributed by atoms with Gasteiger partial charge in [-0.25, -0.2) is 0 Å². The lowest BCUT2D eigenvalue weighted by Crippen LogP contribution is -2.55. The standard InChI is InChI=1S/C11H20N2O2S/c1-11(2,16)9(12-3)10(15)13-6-4-5-8(13)7-14/h7-9,12,16H,4-6H2,1-3H3/t8-,9+/m0/s1. The maximum atomic E-state index is 12.2. The average Bonchev–Trinajstić information content (AvgIpc) is 2.63. The maximum absolute atomic E-state index is 12.2. The lowest BCUT2D eigenvalue weighted by Gasteiger charge is -2.33. The number of nitrogens with zero attached hydrogens (tertiary/aromatic N) is 1. The Hall–Kier alpha value is -0.550. The number of nitrogens with one attached hydrogen (secondary N) is 1. The second kappa shape index (κ2) is 5.19. The number of carbonyl (C=O) groups is 2. The van der Waals surface area contributed by atoms with E-state index >= 15 is 0 Å². The molecule has 1 amide bonds. The van der Waals surface area contributed by atoms with Crippen molar-refractivity contribution in [3.63, 3.8) is 0 Å². The summed E-state index contributed by atoms with van der Waals surface area (Å²) in [5.41, 5.74) is 0. The molecule has 1 N–H and O–H groups in total. The van der Waals surface area contributed by atoms with Crippen LogP contribution in [0.1, 0.15) is 26.7 Å². The van der Waals surface area contributed by atoms with Gasteiger partial charge in [0.05, 0.1) is 6.04 Å². The Bertz CT molecular complexity index is 276. The second-order valence-electron chi connectivity index (χ2n) is 4.75. The monoisotopic (exact) mass is 244 g/mol. The van der Waals surface area contributed by atoms with E-state index in [0.717, 1.165) is 19.1 Å². The SMILES string of the molecule is CN[C@H](C(=O)N1CCC[C@H]1C=O)C(C)(C)S. The van der Waals surface area contributed by atoms with E-state index in [2.05, 4.69) is 17.9 Å². The van der Waals surface area contributed by atoms with Crippen LogP contribution in [0, 0.1) is 0 Å². The lowest BCUT2D eigenvalue weighted by atomic mass is 10.0. The first-order valence-electron chi connectivity index (χ1n) is 5.57. The zero-order chi connectivity index (χ0) is 12.3. The molecule has 0 saturated carbocycles. The Morgan fingerprint density at radius 3 is 2.69 bits per heavy atom. The van der Waals surface area contributed by atoms with Gasteiger partial charge in [-0.3, -0.25) is 4.79 Å². The number of hydrogen-bond donors (Lipinski definition) is 2. The molecule has 0 aliphatic carbocycles. The molecule has 0 aromatic rings. The molecule has 1 heterocycles. The summed E-state index contributed by atoms with van der Waals surface area (Å²) in [5.74, 6) is -0.0305. The second-order valence-corrected chi connectivity index (χ2v) is 5.91. The Kier molecular flexibility index (Phi) is 4.38. The van der Waals surface area contributed by atoms with Crippen molar-refractivity contribution in [2.45, 2.75) is 43.5 Å². The van der Waals surface area contributed by atoms with E-state index in [4.69, 9.17) is 0 Å². The molecule has 16 heavy (non-hydrogen) atoms. The summed E-state index contributed by atoms with van der Waals surface area (Å²) in [6.45, 7) is 4.45. The highest BCUT2D eigenvalue weighted by molar-refractivity contribution is 7.81. The molecule has 1 fully saturated rings. The van der Waals surface area contributed by atoms with Gasteiger partial charge in [-0.2, -0.15) is 12.6 Å². The van der Waals surface area contributed by atoms with E-state index in [0.29, 0.717) is 6.54 Å². The molecule has 0 aromatic carbocycles. The van der Waals surface area contributed by atoms with Crippen molar-refractivity contribution >= 4 is 24.8 Å². The molecular formula is C11H20N2O2S. The molecule has 2 atom stereocenters. The van der Waals surface area contributed by atoms with Gasteiger partial charge >= 0.3 is 0 Å². The highest BCUT2D eigenvalue weighted by atomic mass is 32.1. The largest absolute Gasteiger partial charge is 0.332 e. The third-order valence-electron chi connectivity index (χ3n) is 2.98. The Morgan fingerprint density at radius 1 is 1.62 bits per heavy atom. The van der Waals surface area contributed by atoms with Gasteiger partial charge in [-0.1, -0.05) is 0 Å². The molecule has 0 radical (unpaired) electrons. The van der Waals surface area contributed by atoms with Crippen LogP contribution < -0.4 is 5.32 Å². The zero-order valence-corrected chi connectivity index (χ0v) is 11.0. The molecule has 1 rings (SSSR count). The summed E-state index contributed by atoms with van der Waals surface area (Å²) in [6, 6.07) is -0.615. The van der Waals surface area contributed by atoms with Crippen molar-refractivity contribution in [3.8, 4) is 0 Å². The topological polar surface area (TPSA) is 49.4 Å². The first-order valence-corrected chi connectivity index (χ1v) is 6.02. The van der Waals surface area contributed by atoms with Crippen molar-refractivity contribution in [1.29, 1.82) is 0 Å². The maximum Gasteiger partial charge on any atom is 0.241 e.